The molecule has 0 aliphatic heterocycles. The van der Waals surface area contributed by atoms with Crippen LogP contribution in [0.2, 0.25) is 5.02 Å². The Morgan fingerprint density at radius 3 is 2.64 bits per heavy atom. The monoisotopic (exact) mass is 359 g/mol. The Morgan fingerprint density at radius 1 is 1.08 bits per heavy atom. The van der Waals surface area contributed by atoms with Crippen molar-refractivity contribution >= 4 is 22.5 Å². The predicted molar refractivity (Wildman–Crippen MR) is 97.8 cm³/mol. The van der Waals surface area contributed by atoms with Crippen LogP contribution in [0.4, 0.5) is 0 Å². The SMILES string of the molecule is Cc1ccc(OCCCn2c(=O)oc(=O)c3cc(Cl)ccc32)cc1C. The van der Waals surface area contributed by atoms with E-state index >= 15 is 0 Å². The van der Waals surface area contributed by atoms with Crippen LogP contribution in [-0.4, -0.2) is 11.2 Å². The zero-order valence-corrected chi connectivity index (χ0v) is 14.8. The highest BCUT2D eigenvalue weighted by molar-refractivity contribution is 6.31. The number of aromatic nitrogens is 1. The van der Waals surface area contributed by atoms with E-state index in [9.17, 15) is 9.59 Å². The molecule has 0 spiro atoms. The molecule has 0 saturated carbocycles. The summed E-state index contributed by atoms with van der Waals surface area (Å²) in [5, 5.41) is 0.713. The molecular weight excluding hydrogens is 342 g/mol. The molecule has 0 bridgehead atoms. The summed E-state index contributed by atoms with van der Waals surface area (Å²) in [6.07, 6.45) is 0.596. The van der Waals surface area contributed by atoms with Crippen molar-refractivity contribution in [3.05, 3.63) is 73.5 Å². The molecule has 0 amide bonds. The zero-order chi connectivity index (χ0) is 18.0. The quantitative estimate of drug-likeness (QED) is 0.652. The van der Waals surface area contributed by atoms with Gasteiger partial charge in [0.05, 0.1) is 17.5 Å². The molecule has 0 atom stereocenters. The Labute approximate surface area is 149 Å². The summed E-state index contributed by atoms with van der Waals surface area (Å²) < 4.78 is 11.9. The predicted octanol–water partition coefficient (Wildman–Crippen LogP) is 3.69. The summed E-state index contributed by atoms with van der Waals surface area (Å²) in [5.74, 6) is 0.123. The van der Waals surface area contributed by atoms with E-state index in [0.29, 0.717) is 35.5 Å². The van der Waals surface area contributed by atoms with Gasteiger partial charge in [-0.25, -0.2) is 9.59 Å². The summed E-state index contributed by atoms with van der Waals surface area (Å²) in [7, 11) is 0. The molecule has 0 aliphatic rings. The highest BCUT2D eigenvalue weighted by atomic mass is 35.5. The Balaban J connectivity index is 1.74. The van der Waals surface area contributed by atoms with Gasteiger partial charge in [0.25, 0.3) is 0 Å². The molecular formula is C19H18ClNO4. The van der Waals surface area contributed by atoms with Gasteiger partial charge in [-0.3, -0.25) is 4.57 Å². The second kappa shape index (κ2) is 7.15. The Hall–Kier alpha value is -2.53. The summed E-state index contributed by atoms with van der Waals surface area (Å²) in [6, 6.07) is 10.7. The number of halogens is 1. The maximum Gasteiger partial charge on any atom is 0.422 e. The lowest BCUT2D eigenvalue weighted by Crippen LogP contribution is -2.25. The van der Waals surface area contributed by atoms with Gasteiger partial charge in [-0.15, -0.1) is 0 Å². The van der Waals surface area contributed by atoms with Crippen molar-refractivity contribution in [1.29, 1.82) is 0 Å². The molecule has 0 fully saturated rings. The summed E-state index contributed by atoms with van der Waals surface area (Å²) in [5.41, 5.74) is 2.21. The van der Waals surface area contributed by atoms with Crippen molar-refractivity contribution in [1.82, 2.24) is 4.57 Å². The fraction of sp³-hybridized carbons (Fsp3) is 0.263. The van der Waals surface area contributed by atoms with Gasteiger partial charge in [0.1, 0.15) is 5.75 Å². The van der Waals surface area contributed by atoms with Crippen molar-refractivity contribution in [3.63, 3.8) is 0 Å². The largest absolute Gasteiger partial charge is 0.494 e. The molecule has 1 aromatic heterocycles. The van der Waals surface area contributed by atoms with Gasteiger partial charge in [0, 0.05) is 11.6 Å². The number of ether oxygens (including phenoxy) is 1. The average Bonchev–Trinajstić information content (AvgIpc) is 2.57. The lowest BCUT2D eigenvalue weighted by atomic mass is 10.1. The van der Waals surface area contributed by atoms with Crippen LogP contribution in [-0.2, 0) is 6.54 Å². The average molecular weight is 360 g/mol. The number of benzene rings is 2. The minimum absolute atomic E-state index is 0.294. The van der Waals surface area contributed by atoms with Crippen molar-refractivity contribution < 1.29 is 9.15 Å². The topological polar surface area (TPSA) is 61.4 Å². The lowest BCUT2D eigenvalue weighted by molar-refractivity contribution is 0.296. The zero-order valence-electron chi connectivity index (χ0n) is 14.0. The molecule has 0 saturated heterocycles. The Kier molecular flexibility index (Phi) is 4.95. The minimum atomic E-state index is -0.676. The van der Waals surface area contributed by atoms with E-state index in [1.54, 1.807) is 12.1 Å². The molecule has 3 rings (SSSR count). The van der Waals surface area contributed by atoms with E-state index < -0.39 is 11.4 Å². The van der Waals surface area contributed by atoms with Gasteiger partial charge in [-0.2, -0.15) is 0 Å². The fourth-order valence-electron chi connectivity index (χ4n) is 2.62. The van der Waals surface area contributed by atoms with Gasteiger partial charge in [-0.05, 0) is 61.7 Å². The number of fused-ring (bicyclic) bond motifs is 1. The summed E-state index contributed by atoms with van der Waals surface area (Å²) >= 11 is 5.91. The lowest BCUT2D eigenvalue weighted by Gasteiger charge is -2.10. The summed E-state index contributed by atoms with van der Waals surface area (Å²) in [6.45, 7) is 4.91. The van der Waals surface area contributed by atoms with Gasteiger partial charge < -0.3 is 9.15 Å². The van der Waals surface area contributed by atoms with Crippen LogP contribution in [0, 0.1) is 13.8 Å². The Bertz CT molecular complexity index is 1040. The molecule has 1 heterocycles. The van der Waals surface area contributed by atoms with Crippen LogP contribution in [0.1, 0.15) is 17.5 Å². The van der Waals surface area contributed by atoms with Crippen molar-refractivity contribution in [2.24, 2.45) is 0 Å². The maximum absolute atomic E-state index is 12.0. The van der Waals surface area contributed by atoms with Crippen LogP contribution >= 0.6 is 11.6 Å². The van der Waals surface area contributed by atoms with Crippen molar-refractivity contribution in [2.45, 2.75) is 26.8 Å². The van der Waals surface area contributed by atoms with Crippen LogP contribution < -0.4 is 16.1 Å². The summed E-state index contributed by atoms with van der Waals surface area (Å²) in [4.78, 5) is 23.8. The number of hydrogen-bond donors (Lipinski definition) is 0. The third kappa shape index (κ3) is 3.77. The first kappa shape index (κ1) is 17.3. The number of nitrogens with zero attached hydrogens (tertiary/aromatic N) is 1. The third-order valence-corrected chi connectivity index (χ3v) is 4.38. The third-order valence-electron chi connectivity index (χ3n) is 4.14. The molecule has 3 aromatic rings. The fourth-order valence-corrected chi connectivity index (χ4v) is 2.80. The molecule has 0 aliphatic carbocycles. The number of hydrogen-bond acceptors (Lipinski definition) is 4. The van der Waals surface area contributed by atoms with Crippen molar-refractivity contribution in [2.75, 3.05) is 6.61 Å². The Morgan fingerprint density at radius 2 is 1.88 bits per heavy atom. The molecule has 0 N–H and O–H groups in total. The first-order valence-corrected chi connectivity index (χ1v) is 8.37. The van der Waals surface area contributed by atoms with Crippen molar-refractivity contribution in [3.8, 4) is 5.75 Å². The molecule has 130 valence electrons. The first-order valence-electron chi connectivity index (χ1n) is 7.99. The van der Waals surface area contributed by atoms with E-state index in [1.165, 1.54) is 21.8 Å². The van der Waals surface area contributed by atoms with E-state index in [4.69, 9.17) is 20.8 Å². The van der Waals surface area contributed by atoms with Crippen LogP contribution in [0.25, 0.3) is 10.9 Å². The standard InChI is InChI=1S/C19H18ClNO4/c1-12-4-6-15(10-13(12)2)24-9-3-8-21-17-7-5-14(20)11-16(17)18(22)25-19(21)23/h4-7,10-11H,3,8-9H2,1-2H3. The second-order valence-corrected chi connectivity index (χ2v) is 6.35. The molecule has 0 radical (unpaired) electrons. The van der Waals surface area contributed by atoms with Crippen LogP contribution in [0.15, 0.2) is 50.4 Å². The van der Waals surface area contributed by atoms with Gasteiger partial charge in [0.2, 0.25) is 0 Å². The second-order valence-electron chi connectivity index (χ2n) is 5.92. The smallest absolute Gasteiger partial charge is 0.422 e. The van der Waals surface area contributed by atoms with Gasteiger partial charge in [0.15, 0.2) is 0 Å². The van der Waals surface area contributed by atoms with E-state index in [2.05, 4.69) is 0 Å². The minimum Gasteiger partial charge on any atom is -0.494 e. The molecule has 2 aromatic carbocycles. The van der Waals surface area contributed by atoms with Gasteiger partial charge in [-0.1, -0.05) is 17.7 Å². The van der Waals surface area contributed by atoms with Crippen LogP contribution in [0.3, 0.4) is 0 Å². The maximum atomic E-state index is 12.0. The van der Waals surface area contributed by atoms with E-state index in [1.807, 2.05) is 32.0 Å². The van der Waals surface area contributed by atoms with E-state index in [0.717, 1.165) is 5.75 Å². The molecule has 25 heavy (non-hydrogen) atoms. The first-order chi connectivity index (χ1) is 12.0. The molecule has 5 nitrogen and oxygen atoms in total. The normalized spacial score (nSPS) is 11.0. The van der Waals surface area contributed by atoms with Crippen LogP contribution in [0.5, 0.6) is 5.75 Å². The number of rotatable bonds is 5. The molecule has 6 heteroatoms. The van der Waals surface area contributed by atoms with E-state index in [-0.39, 0.29) is 0 Å². The molecule has 0 unspecified atom stereocenters. The number of aryl methyl sites for hydroxylation is 3. The highest BCUT2D eigenvalue weighted by Gasteiger charge is 2.10. The highest BCUT2D eigenvalue weighted by Crippen LogP contribution is 2.17. The van der Waals surface area contributed by atoms with Gasteiger partial charge >= 0.3 is 11.4 Å².